The van der Waals surface area contributed by atoms with Gasteiger partial charge in [0.05, 0.1) is 11.4 Å². The minimum atomic E-state index is -3.63. The summed E-state index contributed by atoms with van der Waals surface area (Å²) in [6, 6.07) is 1.64. The number of aromatic nitrogens is 6. The van der Waals surface area contributed by atoms with Gasteiger partial charge in [-0.15, -0.1) is 0 Å². The Balaban J connectivity index is 1.37. The molecule has 1 saturated carbocycles. The van der Waals surface area contributed by atoms with E-state index < -0.39 is 10.0 Å². The Morgan fingerprint density at radius 1 is 1.05 bits per heavy atom. The Bertz CT molecular complexity index is 1510. The maximum Gasteiger partial charge on any atom is 0.278 e. The molecule has 0 atom stereocenters. The van der Waals surface area contributed by atoms with Crippen molar-refractivity contribution in [3.8, 4) is 0 Å². The molecule has 1 aliphatic carbocycles. The molecule has 3 aromatic heterocycles. The molecule has 0 bridgehead atoms. The van der Waals surface area contributed by atoms with Gasteiger partial charge < -0.3 is 4.90 Å². The number of piperidine rings is 1. The van der Waals surface area contributed by atoms with Crippen molar-refractivity contribution in [1.29, 1.82) is 0 Å². The second-order valence-corrected chi connectivity index (χ2v) is 14.2. The molecular weight excluding hydrogens is 540 g/mol. The average Bonchev–Trinajstić information content (AvgIpc) is 3.50. The SMILES string of the molecule is CCCc1nn(C)c2c(=O)[nH]c(N(CC3CCCCC3)CC3CCN(S(=O)(=O)c4cc(C)nn4C(C)C)CC3)nc12. The standard InChI is InChI=1S/C29H46N8O3S/c1-6-10-24-26-27(34(5)33-24)28(38)31-29(30-26)35(18-22-11-8-7-9-12-22)19-23-13-15-36(16-14-23)41(39,40)25-17-21(4)32-37(25)20(2)3/h17,20,22-23H,6-16,18-19H2,1-5H3,(H,30,31,38). The lowest BCUT2D eigenvalue weighted by molar-refractivity contribution is 0.267. The van der Waals surface area contributed by atoms with E-state index in [9.17, 15) is 13.2 Å². The molecular formula is C29H46N8O3S. The van der Waals surface area contributed by atoms with E-state index in [0.29, 0.717) is 47.6 Å². The van der Waals surface area contributed by atoms with Crippen LogP contribution in [0.1, 0.15) is 89.6 Å². The van der Waals surface area contributed by atoms with Crippen LogP contribution in [0.2, 0.25) is 0 Å². The quantitative estimate of drug-likeness (QED) is 0.378. The largest absolute Gasteiger partial charge is 0.342 e. The van der Waals surface area contributed by atoms with Gasteiger partial charge in [0, 0.05) is 39.3 Å². The third-order valence-corrected chi connectivity index (χ3v) is 10.6. The minimum Gasteiger partial charge on any atom is -0.342 e. The van der Waals surface area contributed by atoms with Crippen molar-refractivity contribution in [3.63, 3.8) is 0 Å². The highest BCUT2D eigenvalue weighted by molar-refractivity contribution is 7.89. The van der Waals surface area contributed by atoms with Crippen molar-refractivity contribution in [2.45, 2.75) is 96.6 Å². The van der Waals surface area contributed by atoms with Crippen molar-refractivity contribution >= 4 is 27.0 Å². The van der Waals surface area contributed by atoms with Gasteiger partial charge in [0.15, 0.2) is 10.5 Å². The van der Waals surface area contributed by atoms with Gasteiger partial charge in [-0.1, -0.05) is 32.6 Å². The van der Waals surface area contributed by atoms with Crippen LogP contribution in [0.15, 0.2) is 15.9 Å². The lowest BCUT2D eigenvalue weighted by atomic mass is 9.88. The predicted molar refractivity (Wildman–Crippen MR) is 161 cm³/mol. The molecule has 1 aliphatic heterocycles. The Morgan fingerprint density at radius 3 is 2.34 bits per heavy atom. The molecule has 0 radical (unpaired) electrons. The summed E-state index contributed by atoms with van der Waals surface area (Å²) < 4.78 is 32.0. The van der Waals surface area contributed by atoms with E-state index >= 15 is 0 Å². The van der Waals surface area contributed by atoms with E-state index in [1.165, 1.54) is 32.1 Å². The Hall–Kier alpha value is -2.73. The minimum absolute atomic E-state index is 0.0380. The number of rotatable bonds is 10. The molecule has 0 aromatic carbocycles. The van der Waals surface area contributed by atoms with Crippen LogP contribution in [0.4, 0.5) is 5.95 Å². The fraction of sp³-hybridized carbons (Fsp3) is 0.724. The van der Waals surface area contributed by atoms with E-state index in [1.807, 2.05) is 20.8 Å². The molecule has 41 heavy (non-hydrogen) atoms. The van der Waals surface area contributed by atoms with Crippen LogP contribution in [-0.2, 0) is 23.5 Å². The van der Waals surface area contributed by atoms with E-state index in [2.05, 4.69) is 27.0 Å². The highest BCUT2D eigenvalue weighted by atomic mass is 32.2. The van der Waals surface area contributed by atoms with Crippen molar-refractivity contribution in [2.24, 2.45) is 18.9 Å². The molecule has 5 rings (SSSR count). The van der Waals surface area contributed by atoms with E-state index in [1.54, 1.807) is 26.8 Å². The second-order valence-electron chi connectivity index (χ2n) is 12.3. The summed E-state index contributed by atoms with van der Waals surface area (Å²) in [6.07, 6.45) is 9.38. The Morgan fingerprint density at radius 2 is 1.71 bits per heavy atom. The zero-order valence-electron chi connectivity index (χ0n) is 25.3. The summed E-state index contributed by atoms with van der Waals surface area (Å²) in [6.45, 7) is 10.4. The van der Waals surface area contributed by atoms with Crippen LogP contribution in [0, 0.1) is 18.8 Å². The van der Waals surface area contributed by atoms with E-state index in [0.717, 1.165) is 44.5 Å². The fourth-order valence-corrected chi connectivity index (χ4v) is 8.31. The lowest BCUT2D eigenvalue weighted by Gasteiger charge is -2.36. The number of nitrogens with one attached hydrogen (secondary N) is 1. The van der Waals surface area contributed by atoms with Gasteiger partial charge in [-0.05, 0) is 70.8 Å². The van der Waals surface area contributed by atoms with Crippen molar-refractivity contribution in [3.05, 3.63) is 27.8 Å². The summed E-state index contributed by atoms with van der Waals surface area (Å²) in [5.74, 6) is 1.48. The van der Waals surface area contributed by atoms with Crippen molar-refractivity contribution < 1.29 is 8.42 Å². The maximum atomic E-state index is 13.6. The van der Waals surface area contributed by atoms with E-state index in [4.69, 9.17) is 4.98 Å². The lowest BCUT2D eigenvalue weighted by Crippen LogP contribution is -2.43. The van der Waals surface area contributed by atoms with Gasteiger partial charge >= 0.3 is 0 Å². The number of nitrogens with zero attached hydrogens (tertiary/aromatic N) is 7. The molecule has 0 spiro atoms. The number of aryl methyl sites for hydroxylation is 3. The number of fused-ring (bicyclic) bond motifs is 1. The number of H-pyrrole nitrogens is 1. The summed E-state index contributed by atoms with van der Waals surface area (Å²) in [7, 11) is -1.83. The second kappa shape index (κ2) is 12.2. The molecule has 12 heteroatoms. The van der Waals surface area contributed by atoms with Crippen LogP contribution >= 0.6 is 0 Å². The molecule has 4 heterocycles. The Kier molecular flexibility index (Phi) is 8.89. The third kappa shape index (κ3) is 6.23. The highest BCUT2D eigenvalue weighted by Crippen LogP contribution is 2.30. The van der Waals surface area contributed by atoms with Gasteiger partial charge in [-0.3, -0.25) is 19.1 Å². The number of anilines is 1. The number of hydrogen-bond acceptors (Lipinski definition) is 7. The van der Waals surface area contributed by atoms with Crippen LogP contribution in [0.25, 0.3) is 11.0 Å². The smallest absolute Gasteiger partial charge is 0.278 e. The van der Waals surface area contributed by atoms with Crippen LogP contribution < -0.4 is 10.5 Å². The van der Waals surface area contributed by atoms with Crippen LogP contribution in [-0.4, -0.2) is 68.4 Å². The van der Waals surface area contributed by atoms with Gasteiger partial charge in [-0.2, -0.15) is 14.5 Å². The third-order valence-electron chi connectivity index (χ3n) is 8.71. The fourth-order valence-electron chi connectivity index (χ4n) is 6.55. The molecule has 226 valence electrons. The summed E-state index contributed by atoms with van der Waals surface area (Å²) in [5, 5.41) is 9.29. The molecule has 1 saturated heterocycles. The van der Waals surface area contributed by atoms with Crippen molar-refractivity contribution in [1.82, 2.24) is 33.8 Å². The maximum absolute atomic E-state index is 13.6. The summed E-state index contributed by atoms with van der Waals surface area (Å²) >= 11 is 0. The normalized spacial score (nSPS) is 18.1. The molecule has 0 unspecified atom stereocenters. The predicted octanol–water partition coefficient (Wildman–Crippen LogP) is 4.18. The first-order chi connectivity index (χ1) is 19.6. The first-order valence-electron chi connectivity index (χ1n) is 15.4. The first kappa shape index (κ1) is 29.8. The van der Waals surface area contributed by atoms with Crippen LogP contribution in [0.3, 0.4) is 0 Å². The molecule has 2 aliphatic rings. The molecule has 2 fully saturated rings. The zero-order valence-corrected chi connectivity index (χ0v) is 26.1. The van der Waals surface area contributed by atoms with Crippen LogP contribution in [0.5, 0.6) is 0 Å². The zero-order chi connectivity index (χ0) is 29.3. The van der Waals surface area contributed by atoms with Gasteiger partial charge in [0.25, 0.3) is 15.6 Å². The number of aromatic amines is 1. The molecule has 1 N–H and O–H groups in total. The van der Waals surface area contributed by atoms with Gasteiger partial charge in [0.1, 0.15) is 5.52 Å². The number of hydrogen-bond donors (Lipinski definition) is 1. The van der Waals surface area contributed by atoms with Crippen molar-refractivity contribution in [2.75, 3.05) is 31.1 Å². The van der Waals surface area contributed by atoms with E-state index in [-0.39, 0.29) is 16.6 Å². The summed E-state index contributed by atoms with van der Waals surface area (Å²) in [5.41, 5.74) is 2.63. The number of sulfonamides is 1. The highest BCUT2D eigenvalue weighted by Gasteiger charge is 2.34. The molecule has 0 amide bonds. The monoisotopic (exact) mass is 586 g/mol. The van der Waals surface area contributed by atoms with Gasteiger partial charge in [-0.25, -0.2) is 13.4 Å². The average molecular weight is 587 g/mol. The Labute approximate surface area is 243 Å². The summed E-state index contributed by atoms with van der Waals surface area (Å²) in [4.78, 5) is 23.6. The topological polar surface area (TPSA) is 122 Å². The van der Waals surface area contributed by atoms with Gasteiger partial charge in [0.2, 0.25) is 5.95 Å². The first-order valence-corrected chi connectivity index (χ1v) is 16.8. The molecule has 11 nitrogen and oxygen atoms in total. The molecule has 3 aromatic rings.